The summed E-state index contributed by atoms with van der Waals surface area (Å²) in [7, 11) is -2.15. The van der Waals surface area contributed by atoms with Crippen LogP contribution in [0.3, 0.4) is 0 Å². The van der Waals surface area contributed by atoms with Crippen LogP contribution in [0.1, 0.15) is 36.1 Å². The Morgan fingerprint density at radius 3 is 2.46 bits per heavy atom. The highest BCUT2D eigenvalue weighted by molar-refractivity contribution is 6.88. The Hall–Kier alpha value is -2.05. The van der Waals surface area contributed by atoms with Gasteiger partial charge in [0.25, 0.3) is 0 Å². The standard InChI is InChI=1S/C22H28F2N2OSi/c1-5-6-14-7-8-17-15(11-14)9-10-25-20(17)22(27)26-16-12-18(23)21(19(24)13-16)28(2,3)4/h7-8,11-13,20,25H,5-6,9-10H2,1-4H3,(H,26,27)/t20-/m1/s1. The highest BCUT2D eigenvalue weighted by Gasteiger charge is 2.28. The van der Waals surface area contributed by atoms with Crippen LogP contribution in [0, 0.1) is 11.6 Å². The van der Waals surface area contributed by atoms with Crippen molar-refractivity contribution in [2.75, 3.05) is 11.9 Å². The van der Waals surface area contributed by atoms with Gasteiger partial charge in [0.1, 0.15) is 17.7 Å². The number of hydrogen-bond donors (Lipinski definition) is 2. The molecule has 1 amide bonds. The highest BCUT2D eigenvalue weighted by atomic mass is 28.3. The first-order valence-corrected chi connectivity index (χ1v) is 13.4. The predicted octanol–water partition coefficient (Wildman–Crippen LogP) is 4.29. The van der Waals surface area contributed by atoms with Crippen LogP contribution in [0.5, 0.6) is 0 Å². The molecule has 1 aliphatic heterocycles. The molecule has 0 fully saturated rings. The van der Waals surface area contributed by atoms with Crippen LogP contribution in [0.15, 0.2) is 30.3 Å². The van der Waals surface area contributed by atoms with Gasteiger partial charge in [-0.15, -0.1) is 0 Å². The van der Waals surface area contributed by atoms with Crippen molar-refractivity contribution in [2.45, 2.75) is 51.9 Å². The Bertz CT molecular complexity index is 870. The van der Waals surface area contributed by atoms with Crippen molar-refractivity contribution in [1.82, 2.24) is 5.32 Å². The van der Waals surface area contributed by atoms with E-state index in [0.717, 1.165) is 30.4 Å². The predicted molar refractivity (Wildman–Crippen MR) is 113 cm³/mol. The maximum absolute atomic E-state index is 14.5. The molecule has 0 radical (unpaired) electrons. The fraction of sp³-hybridized carbons (Fsp3) is 0.409. The number of nitrogens with one attached hydrogen (secondary N) is 2. The minimum Gasteiger partial charge on any atom is -0.324 e. The summed E-state index contributed by atoms with van der Waals surface area (Å²) < 4.78 is 29.0. The number of halogens is 2. The number of benzene rings is 2. The first-order valence-electron chi connectivity index (χ1n) is 9.86. The Morgan fingerprint density at radius 1 is 1.18 bits per heavy atom. The molecule has 2 aromatic carbocycles. The van der Waals surface area contributed by atoms with Gasteiger partial charge in [0, 0.05) is 17.4 Å². The molecule has 150 valence electrons. The van der Waals surface area contributed by atoms with E-state index in [-0.39, 0.29) is 16.8 Å². The van der Waals surface area contributed by atoms with Crippen molar-refractivity contribution in [1.29, 1.82) is 0 Å². The van der Waals surface area contributed by atoms with E-state index < -0.39 is 25.8 Å². The maximum atomic E-state index is 14.5. The van der Waals surface area contributed by atoms with Gasteiger partial charge in [-0.25, -0.2) is 8.78 Å². The number of anilines is 1. The molecule has 3 nitrogen and oxygen atoms in total. The summed E-state index contributed by atoms with van der Waals surface area (Å²) in [6.07, 6.45) is 2.95. The minimum absolute atomic E-state index is 0.151. The molecule has 6 heteroatoms. The maximum Gasteiger partial charge on any atom is 0.246 e. The molecule has 2 aromatic rings. The van der Waals surface area contributed by atoms with Crippen LogP contribution in [0.25, 0.3) is 0 Å². The molecule has 2 N–H and O–H groups in total. The minimum atomic E-state index is -2.15. The molecule has 1 heterocycles. The van der Waals surface area contributed by atoms with E-state index in [9.17, 15) is 13.6 Å². The van der Waals surface area contributed by atoms with Crippen LogP contribution in [0.2, 0.25) is 19.6 Å². The van der Waals surface area contributed by atoms with Crippen LogP contribution >= 0.6 is 0 Å². The highest BCUT2D eigenvalue weighted by Crippen LogP contribution is 2.26. The molecule has 1 aliphatic rings. The lowest BCUT2D eigenvalue weighted by molar-refractivity contribution is -0.118. The van der Waals surface area contributed by atoms with Gasteiger partial charge in [-0.3, -0.25) is 4.79 Å². The SMILES string of the molecule is CCCc1ccc2c(c1)CCN[C@H]2C(=O)Nc1cc(F)c([Si](C)(C)C)c(F)c1. The average Bonchev–Trinajstić information content (AvgIpc) is 2.59. The van der Waals surface area contributed by atoms with E-state index in [1.165, 1.54) is 17.7 Å². The number of aryl methyl sites for hydroxylation is 1. The largest absolute Gasteiger partial charge is 0.324 e. The van der Waals surface area contributed by atoms with Crippen molar-refractivity contribution < 1.29 is 13.6 Å². The monoisotopic (exact) mass is 402 g/mol. The molecule has 0 aliphatic carbocycles. The number of rotatable bonds is 5. The van der Waals surface area contributed by atoms with Gasteiger partial charge in [-0.1, -0.05) is 51.2 Å². The van der Waals surface area contributed by atoms with Crippen LogP contribution in [-0.4, -0.2) is 20.5 Å². The summed E-state index contributed by atoms with van der Waals surface area (Å²) in [5.74, 6) is -1.48. The van der Waals surface area contributed by atoms with Crippen LogP contribution in [0.4, 0.5) is 14.5 Å². The lowest BCUT2D eigenvalue weighted by atomic mass is 9.91. The second-order valence-electron chi connectivity index (χ2n) is 8.47. The van der Waals surface area contributed by atoms with Gasteiger partial charge in [-0.2, -0.15) is 0 Å². The van der Waals surface area contributed by atoms with Gasteiger partial charge >= 0.3 is 0 Å². The molecule has 0 saturated heterocycles. The second kappa shape index (κ2) is 8.13. The quantitative estimate of drug-likeness (QED) is 0.733. The van der Waals surface area contributed by atoms with Gasteiger partial charge in [-0.05, 0) is 41.7 Å². The topological polar surface area (TPSA) is 41.1 Å². The fourth-order valence-electron chi connectivity index (χ4n) is 3.87. The Kier molecular flexibility index (Phi) is 6.00. The van der Waals surface area contributed by atoms with Gasteiger partial charge in [0.15, 0.2) is 0 Å². The summed E-state index contributed by atoms with van der Waals surface area (Å²) in [5, 5.41) is 6.07. The lowest BCUT2D eigenvalue weighted by Gasteiger charge is -2.27. The third-order valence-electron chi connectivity index (χ3n) is 5.12. The summed E-state index contributed by atoms with van der Waals surface area (Å²) in [6.45, 7) is 8.51. The molecule has 1 atom stereocenters. The Labute approximate surface area is 166 Å². The summed E-state index contributed by atoms with van der Waals surface area (Å²) in [4.78, 5) is 12.8. The zero-order chi connectivity index (χ0) is 20.5. The van der Waals surface area contributed by atoms with Crippen molar-refractivity contribution in [3.05, 3.63) is 58.7 Å². The van der Waals surface area contributed by atoms with Crippen LogP contribution < -0.4 is 15.8 Å². The Balaban J connectivity index is 1.83. The van der Waals surface area contributed by atoms with E-state index >= 15 is 0 Å². The number of carbonyl (C=O) groups is 1. The summed E-state index contributed by atoms with van der Waals surface area (Å²) in [6, 6.07) is 8.14. The molecular formula is C22H28F2N2OSi. The van der Waals surface area contributed by atoms with Gasteiger partial charge < -0.3 is 10.6 Å². The summed E-state index contributed by atoms with van der Waals surface area (Å²) in [5.41, 5.74) is 3.52. The molecule has 0 spiro atoms. The zero-order valence-corrected chi connectivity index (χ0v) is 18.0. The smallest absolute Gasteiger partial charge is 0.246 e. The van der Waals surface area contributed by atoms with E-state index in [2.05, 4.69) is 29.7 Å². The van der Waals surface area contributed by atoms with Crippen molar-refractivity contribution in [3.63, 3.8) is 0 Å². The third-order valence-corrected chi connectivity index (χ3v) is 7.10. The molecule has 0 unspecified atom stereocenters. The fourth-order valence-corrected chi connectivity index (χ4v) is 5.45. The van der Waals surface area contributed by atoms with Crippen molar-refractivity contribution in [2.24, 2.45) is 0 Å². The molecule has 3 rings (SSSR count). The average molecular weight is 403 g/mol. The molecular weight excluding hydrogens is 374 g/mol. The molecule has 0 saturated carbocycles. The van der Waals surface area contributed by atoms with E-state index in [4.69, 9.17) is 0 Å². The van der Waals surface area contributed by atoms with E-state index in [0.29, 0.717) is 6.54 Å². The van der Waals surface area contributed by atoms with Gasteiger partial charge in [0.05, 0.1) is 8.07 Å². The lowest BCUT2D eigenvalue weighted by Crippen LogP contribution is -2.42. The van der Waals surface area contributed by atoms with Gasteiger partial charge in [0.2, 0.25) is 5.91 Å². The number of hydrogen-bond acceptors (Lipinski definition) is 2. The number of amides is 1. The molecule has 0 bridgehead atoms. The first-order chi connectivity index (χ1) is 13.2. The normalized spacial score (nSPS) is 16.6. The van der Waals surface area contributed by atoms with Crippen LogP contribution in [-0.2, 0) is 17.6 Å². The third kappa shape index (κ3) is 4.33. The second-order valence-corrected chi connectivity index (χ2v) is 13.5. The van der Waals surface area contributed by atoms with E-state index in [1.54, 1.807) is 0 Å². The Morgan fingerprint density at radius 2 is 1.86 bits per heavy atom. The van der Waals surface area contributed by atoms with E-state index in [1.807, 2.05) is 25.7 Å². The number of carbonyl (C=O) groups excluding carboxylic acids is 1. The van der Waals surface area contributed by atoms with Crippen molar-refractivity contribution >= 4 is 24.9 Å². The summed E-state index contributed by atoms with van der Waals surface area (Å²) >= 11 is 0. The van der Waals surface area contributed by atoms with Crippen molar-refractivity contribution in [3.8, 4) is 0 Å². The zero-order valence-electron chi connectivity index (χ0n) is 17.0. The number of fused-ring (bicyclic) bond motifs is 1. The molecule has 0 aromatic heterocycles. The first kappa shape index (κ1) is 20.7. The molecule has 28 heavy (non-hydrogen) atoms.